The van der Waals surface area contributed by atoms with Crippen LogP contribution in [0.15, 0.2) is 109 Å². The average molecular weight is 449 g/mol. The topological polar surface area (TPSA) is 26.3 Å². The summed E-state index contributed by atoms with van der Waals surface area (Å²) in [6, 6.07) is 36.7. The number of hydrogen-bond acceptors (Lipinski definition) is 2. The lowest BCUT2D eigenvalue weighted by atomic mass is 9.73. The van der Waals surface area contributed by atoms with Gasteiger partial charge < -0.3 is 4.74 Å². The lowest BCUT2D eigenvalue weighted by molar-refractivity contribution is 0.0920. The highest BCUT2D eigenvalue weighted by atomic mass is 16.5. The SMILES string of the molecule is CC(C)(c1ccccc1)c1ccc(OCC(=O)c2ccccc2)c(C(C)(C)c2ccccc2)c1. The van der Waals surface area contributed by atoms with Crippen molar-refractivity contribution in [3.63, 3.8) is 0 Å². The molecule has 0 saturated carbocycles. The summed E-state index contributed by atoms with van der Waals surface area (Å²) in [5, 5.41) is 0. The van der Waals surface area contributed by atoms with Gasteiger partial charge in [-0.05, 0) is 22.8 Å². The fourth-order valence-electron chi connectivity index (χ4n) is 4.42. The summed E-state index contributed by atoms with van der Waals surface area (Å²) in [6.45, 7) is 8.92. The van der Waals surface area contributed by atoms with Crippen molar-refractivity contribution in [2.24, 2.45) is 0 Å². The Morgan fingerprint density at radius 1 is 0.618 bits per heavy atom. The number of benzene rings is 4. The Balaban J connectivity index is 1.74. The maximum atomic E-state index is 12.7. The molecular weight excluding hydrogens is 416 g/mol. The normalized spacial score (nSPS) is 11.8. The van der Waals surface area contributed by atoms with Crippen molar-refractivity contribution >= 4 is 5.78 Å². The van der Waals surface area contributed by atoms with Gasteiger partial charge in [-0.15, -0.1) is 0 Å². The molecule has 0 aliphatic rings. The van der Waals surface area contributed by atoms with Crippen molar-refractivity contribution in [2.75, 3.05) is 6.61 Å². The summed E-state index contributed by atoms with van der Waals surface area (Å²) >= 11 is 0. The van der Waals surface area contributed by atoms with Crippen molar-refractivity contribution in [2.45, 2.75) is 38.5 Å². The van der Waals surface area contributed by atoms with E-state index in [1.54, 1.807) is 0 Å². The zero-order valence-corrected chi connectivity index (χ0v) is 20.4. The summed E-state index contributed by atoms with van der Waals surface area (Å²) in [7, 11) is 0. The lowest BCUT2D eigenvalue weighted by Gasteiger charge is -2.32. The van der Waals surface area contributed by atoms with Gasteiger partial charge in [-0.2, -0.15) is 0 Å². The fraction of sp³-hybridized carbons (Fsp3) is 0.219. The number of ether oxygens (including phenoxy) is 1. The molecule has 0 saturated heterocycles. The van der Waals surface area contributed by atoms with Crippen LogP contribution in [0.4, 0.5) is 0 Å². The Hall–Kier alpha value is -3.65. The summed E-state index contributed by atoms with van der Waals surface area (Å²) in [5.74, 6) is 0.712. The maximum Gasteiger partial charge on any atom is 0.200 e. The molecular formula is C32H32O2. The van der Waals surface area contributed by atoms with Crippen LogP contribution in [0.25, 0.3) is 0 Å². The molecule has 0 heterocycles. The van der Waals surface area contributed by atoms with Crippen molar-refractivity contribution in [3.8, 4) is 5.75 Å². The standard InChI is InChI=1S/C32H32O2/c1-31(2,25-16-10-6-11-17-25)27-20-21-30(34-23-29(33)24-14-8-5-9-15-24)28(22-27)32(3,4)26-18-12-7-13-19-26/h5-22H,23H2,1-4H3. The van der Waals surface area contributed by atoms with E-state index in [4.69, 9.17) is 4.74 Å². The zero-order chi connectivity index (χ0) is 24.2. The van der Waals surface area contributed by atoms with Crippen LogP contribution in [-0.4, -0.2) is 12.4 Å². The molecule has 0 aromatic heterocycles. The van der Waals surface area contributed by atoms with Crippen LogP contribution in [0.1, 0.15) is 60.3 Å². The van der Waals surface area contributed by atoms with Crippen LogP contribution in [0.2, 0.25) is 0 Å². The third-order valence-electron chi connectivity index (χ3n) is 6.82. The predicted octanol–water partition coefficient (Wildman–Crippen LogP) is 7.60. The highest BCUT2D eigenvalue weighted by Gasteiger charge is 2.30. The van der Waals surface area contributed by atoms with E-state index >= 15 is 0 Å². The molecule has 4 aromatic carbocycles. The third-order valence-corrected chi connectivity index (χ3v) is 6.82. The van der Waals surface area contributed by atoms with Crippen molar-refractivity contribution in [1.29, 1.82) is 0 Å². The smallest absolute Gasteiger partial charge is 0.200 e. The van der Waals surface area contributed by atoms with Crippen LogP contribution in [0, 0.1) is 0 Å². The number of carbonyl (C=O) groups is 1. The molecule has 0 atom stereocenters. The first-order valence-electron chi connectivity index (χ1n) is 11.8. The molecule has 0 aliphatic heterocycles. The van der Waals surface area contributed by atoms with Gasteiger partial charge in [0, 0.05) is 22.0 Å². The number of Topliss-reactive ketones (excluding diaryl/α,β-unsaturated/α-hetero) is 1. The van der Waals surface area contributed by atoms with Gasteiger partial charge in [0.05, 0.1) is 0 Å². The Morgan fingerprint density at radius 2 is 1.12 bits per heavy atom. The van der Waals surface area contributed by atoms with E-state index in [0.717, 1.165) is 11.3 Å². The molecule has 172 valence electrons. The average Bonchev–Trinajstić information content (AvgIpc) is 2.88. The summed E-state index contributed by atoms with van der Waals surface area (Å²) < 4.78 is 6.19. The molecule has 0 bridgehead atoms. The number of rotatable bonds is 8. The van der Waals surface area contributed by atoms with Crippen LogP contribution in [0.5, 0.6) is 5.75 Å². The van der Waals surface area contributed by atoms with E-state index in [1.165, 1.54) is 16.7 Å². The van der Waals surface area contributed by atoms with E-state index in [2.05, 4.69) is 88.4 Å². The highest BCUT2D eigenvalue weighted by molar-refractivity contribution is 5.97. The van der Waals surface area contributed by atoms with E-state index in [0.29, 0.717) is 5.56 Å². The molecule has 0 fully saturated rings. The first kappa shape index (κ1) is 23.5. The second-order valence-electron chi connectivity index (χ2n) is 9.77. The quantitative estimate of drug-likeness (QED) is 0.259. The van der Waals surface area contributed by atoms with Crippen molar-refractivity contribution in [1.82, 2.24) is 0 Å². The van der Waals surface area contributed by atoms with Crippen LogP contribution < -0.4 is 4.74 Å². The van der Waals surface area contributed by atoms with Crippen LogP contribution in [0.3, 0.4) is 0 Å². The van der Waals surface area contributed by atoms with Crippen LogP contribution in [-0.2, 0) is 10.8 Å². The molecule has 34 heavy (non-hydrogen) atoms. The molecule has 0 amide bonds. The fourth-order valence-corrected chi connectivity index (χ4v) is 4.42. The molecule has 0 unspecified atom stereocenters. The van der Waals surface area contributed by atoms with Gasteiger partial charge in [0.1, 0.15) is 5.75 Å². The summed E-state index contributed by atoms with van der Waals surface area (Å²) in [6.07, 6.45) is 0. The van der Waals surface area contributed by atoms with E-state index in [9.17, 15) is 4.79 Å². The minimum absolute atomic E-state index is 0.00328. The molecule has 0 N–H and O–H groups in total. The second kappa shape index (κ2) is 9.69. The Labute approximate surface area is 203 Å². The number of hydrogen-bond donors (Lipinski definition) is 0. The van der Waals surface area contributed by atoms with Gasteiger partial charge in [-0.3, -0.25) is 4.79 Å². The van der Waals surface area contributed by atoms with Gasteiger partial charge >= 0.3 is 0 Å². The van der Waals surface area contributed by atoms with Gasteiger partial charge in [0.2, 0.25) is 0 Å². The first-order valence-corrected chi connectivity index (χ1v) is 11.8. The van der Waals surface area contributed by atoms with Crippen molar-refractivity contribution < 1.29 is 9.53 Å². The molecule has 0 aliphatic carbocycles. The second-order valence-corrected chi connectivity index (χ2v) is 9.77. The Kier molecular flexibility index (Phi) is 6.70. The van der Waals surface area contributed by atoms with Crippen LogP contribution >= 0.6 is 0 Å². The van der Waals surface area contributed by atoms with Gasteiger partial charge in [-0.25, -0.2) is 0 Å². The summed E-state index contributed by atoms with van der Waals surface area (Å²) in [5.41, 5.74) is 4.90. The zero-order valence-electron chi connectivity index (χ0n) is 20.4. The van der Waals surface area contributed by atoms with E-state index < -0.39 is 0 Å². The molecule has 2 heteroatoms. The minimum atomic E-state index is -0.310. The first-order chi connectivity index (χ1) is 16.3. The van der Waals surface area contributed by atoms with Gasteiger partial charge in [0.25, 0.3) is 0 Å². The summed E-state index contributed by atoms with van der Waals surface area (Å²) in [4.78, 5) is 12.7. The molecule has 0 spiro atoms. The maximum absolute atomic E-state index is 12.7. The molecule has 4 rings (SSSR count). The monoisotopic (exact) mass is 448 g/mol. The lowest BCUT2D eigenvalue weighted by Crippen LogP contribution is -2.24. The Morgan fingerprint density at radius 3 is 1.68 bits per heavy atom. The van der Waals surface area contributed by atoms with Crippen molar-refractivity contribution in [3.05, 3.63) is 137 Å². The van der Waals surface area contributed by atoms with E-state index in [1.807, 2.05) is 48.5 Å². The molecule has 0 radical (unpaired) electrons. The predicted molar refractivity (Wildman–Crippen MR) is 140 cm³/mol. The molecule has 4 aromatic rings. The van der Waals surface area contributed by atoms with Gasteiger partial charge in [0.15, 0.2) is 12.4 Å². The Bertz CT molecular complexity index is 1240. The van der Waals surface area contributed by atoms with Gasteiger partial charge in [-0.1, -0.05) is 131 Å². The molecule has 2 nitrogen and oxygen atoms in total. The number of ketones is 1. The third kappa shape index (κ3) is 4.82. The number of carbonyl (C=O) groups excluding carboxylic acids is 1. The highest BCUT2D eigenvalue weighted by Crippen LogP contribution is 2.41. The largest absolute Gasteiger partial charge is 0.485 e. The van der Waals surface area contributed by atoms with E-state index in [-0.39, 0.29) is 23.2 Å². The minimum Gasteiger partial charge on any atom is -0.485 e.